The standard InChI is InChI=1S/C23H24ClN2O2PS/c1-29(2,28)18-5-3-4-14(8-18)21(27)25-17-12-23(13-17)10-15(11-23)22-26-19-9-16(24)6-7-20(19)30-22/h3-9,15,17H,10-13H2,1-2H3,(H,25,27). The zero-order chi connectivity index (χ0) is 21.1. The summed E-state index contributed by atoms with van der Waals surface area (Å²) in [6, 6.07) is 13.3. The second kappa shape index (κ2) is 7.19. The lowest BCUT2D eigenvalue weighted by Crippen LogP contribution is -2.55. The zero-order valence-electron chi connectivity index (χ0n) is 17.0. The molecule has 1 N–H and O–H groups in total. The lowest BCUT2D eigenvalue weighted by Gasteiger charge is -2.57. The van der Waals surface area contributed by atoms with Gasteiger partial charge in [-0.3, -0.25) is 4.79 Å². The van der Waals surface area contributed by atoms with Crippen molar-refractivity contribution in [3.63, 3.8) is 0 Å². The molecule has 3 aromatic rings. The van der Waals surface area contributed by atoms with E-state index in [1.165, 1.54) is 9.71 Å². The first kappa shape index (κ1) is 20.2. The van der Waals surface area contributed by atoms with Gasteiger partial charge in [-0.15, -0.1) is 11.3 Å². The average Bonchev–Trinajstić information content (AvgIpc) is 3.04. The molecule has 4 nitrogen and oxygen atoms in total. The van der Waals surface area contributed by atoms with Crippen LogP contribution in [0.1, 0.15) is 47.0 Å². The summed E-state index contributed by atoms with van der Waals surface area (Å²) in [5.41, 5.74) is 1.95. The number of halogens is 1. The molecule has 0 saturated heterocycles. The lowest BCUT2D eigenvalue weighted by atomic mass is 9.50. The number of fused-ring (bicyclic) bond motifs is 1. The molecule has 2 aromatic carbocycles. The number of rotatable bonds is 4. The van der Waals surface area contributed by atoms with Crippen LogP contribution in [-0.2, 0) is 4.57 Å². The normalized spacial score (nSPS) is 25.7. The van der Waals surface area contributed by atoms with Crippen LogP contribution in [-0.4, -0.2) is 30.3 Å². The van der Waals surface area contributed by atoms with Gasteiger partial charge in [0.05, 0.1) is 15.2 Å². The number of amides is 1. The van der Waals surface area contributed by atoms with Gasteiger partial charge in [0, 0.05) is 27.9 Å². The molecule has 2 fully saturated rings. The molecule has 5 rings (SSSR count). The van der Waals surface area contributed by atoms with Crippen molar-refractivity contribution in [1.82, 2.24) is 10.3 Å². The smallest absolute Gasteiger partial charge is 0.251 e. The first-order valence-corrected chi connectivity index (χ1v) is 14.0. The highest BCUT2D eigenvalue weighted by atomic mass is 35.5. The number of nitrogens with one attached hydrogen (secondary N) is 1. The van der Waals surface area contributed by atoms with E-state index >= 15 is 0 Å². The molecule has 2 aliphatic carbocycles. The summed E-state index contributed by atoms with van der Waals surface area (Å²) >= 11 is 7.86. The summed E-state index contributed by atoms with van der Waals surface area (Å²) in [6.07, 6.45) is 4.37. The molecule has 1 heterocycles. The van der Waals surface area contributed by atoms with Crippen molar-refractivity contribution < 1.29 is 9.36 Å². The Labute approximate surface area is 185 Å². The Morgan fingerprint density at radius 2 is 1.93 bits per heavy atom. The quantitative estimate of drug-likeness (QED) is 0.513. The maximum atomic E-state index is 12.6. The SMILES string of the molecule is CP(C)(=O)c1cccc(C(=O)NC2CC3(C2)CC(c2nc4cc(Cl)ccc4s2)C3)c1. The Kier molecular flexibility index (Phi) is 4.85. The van der Waals surface area contributed by atoms with Gasteiger partial charge in [-0.25, -0.2) is 4.98 Å². The third-order valence-electron chi connectivity index (χ3n) is 6.50. The van der Waals surface area contributed by atoms with Gasteiger partial charge in [0.15, 0.2) is 0 Å². The first-order valence-electron chi connectivity index (χ1n) is 10.2. The highest BCUT2D eigenvalue weighted by molar-refractivity contribution is 7.70. The van der Waals surface area contributed by atoms with Crippen LogP contribution in [0.15, 0.2) is 42.5 Å². The fraction of sp³-hybridized carbons (Fsp3) is 0.391. The number of thiazole rings is 1. The number of benzene rings is 2. The third kappa shape index (κ3) is 3.72. The Morgan fingerprint density at radius 1 is 1.17 bits per heavy atom. The summed E-state index contributed by atoms with van der Waals surface area (Å²) in [5, 5.41) is 5.85. The number of nitrogens with zero attached hydrogens (tertiary/aromatic N) is 1. The summed E-state index contributed by atoms with van der Waals surface area (Å²) in [7, 11) is -2.37. The van der Waals surface area contributed by atoms with E-state index in [2.05, 4.69) is 5.32 Å². The topological polar surface area (TPSA) is 59.1 Å². The molecule has 0 bridgehead atoms. The minimum Gasteiger partial charge on any atom is -0.349 e. The minimum absolute atomic E-state index is 0.0657. The van der Waals surface area contributed by atoms with Crippen LogP contribution in [0.5, 0.6) is 0 Å². The van der Waals surface area contributed by atoms with E-state index in [-0.39, 0.29) is 11.9 Å². The Bertz CT molecular complexity index is 1190. The van der Waals surface area contributed by atoms with Gasteiger partial charge in [-0.1, -0.05) is 23.7 Å². The largest absolute Gasteiger partial charge is 0.349 e. The van der Waals surface area contributed by atoms with Crippen molar-refractivity contribution in [2.75, 3.05) is 13.3 Å². The molecule has 0 unspecified atom stereocenters. The second-order valence-electron chi connectivity index (χ2n) is 9.25. The van der Waals surface area contributed by atoms with E-state index in [1.807, 2.05) is 30.3 Å². The number of carbonyl (C=O) groups is 1. The van der Waals surface area contributed by atoms with E-state index in [9.17, 15) is 9.36 Å². The van der Waals surface area contributed by atoms with Crippen LogP contribution >= 0.6 is 30.1 Å². The number of hydrogen-bond acceptors (Lipinski definition) is 4. The maximum Gasteiger partial charge on any atom is 0.251 e. The maximum absolute atomic E-state index is 12.6. The summed E-state index contributed by atoms with van der Waals surface area (Å²) in [4.78, 5) is 17.4. The van der Waals surface area contributed by atoms with Gasteiger partial charge < -0.3 is 9.88 Å². The fourth-order valence-corrected chi connectivity index (χ4v) is 7.03. The predicted molar refractivity (Wildman–Crippen MR) is 125 cm³/mol. The molecular formula is C23H24ClN2O2PS. The molecular weight excluding hydrogens is 435 g/mol. The molecule has 0 aliphatic heterocycles. The molecule has 2 aliphatic rings. The van der Waals surface area contributed by atoms with Crippen molar-refractivity contribution in [1.29, 1.82) is 0 Å². The van der Waals surface area contributed by atoms with Crippen molar-refractivity contribution in [2.45, 2.75) is 37.6 Å². The van der Waals surface area contributed by atoms with Gasteiger partial charge >= 0.3 is 0 Å². The molecule has 30 heavy (non-hydrogen) atoms. The molecule has 0 radical (unpaired) electrons. The molecule has 7 heteroatoms. The van der Waals surface area contributed by atoms with Gasteiger partial charge in [0.25, 0.3) is 5.91 Å². The van der Waals surface area contributed by atoms with Crippen LogP contribution in [0.2, 0.25) is 5.02 Å². The zero-order valence-corrected chi connectivity index (χ0v) is 19.5. The van der Waals surface area contributed by atoms with Crippen LogP contribution in [0.25, 0.3) is 10.2 Å². The van der Waals surface area contributed by atoms with Crippen LogP contribution in [0.3, 0.4) is 0 Å². The highest BCUT2D eigenvalue weighted by Crippen LogP contribution is 2.62. The Morgan fingerprint density at radius 3 is 2.67 bits per heavy atom. The van der Waals surface area contributed by atoms with E-state index in [4.69, 9.17) is 16.6 Å². The van der Waals surface area contributed by atoms with E-state index < -0.39 is 7.14 Å². The van der Waals surface area contributed by atoms with Crippen molar-refractivity contribution >= 4 is 51.5 Å². The molecule has 0 atom stereocenters. The van der Waals surface area contributed by atoms with Gasteiger partial charge in [0.2, 0.25) is 0 Å². The minimum atomic E-state index is -2.37. The van der Waals surface area contributed by atoms with Crippen LogP contribution < -0.4 is 10.6 Å². The highest BCUT2D eigenvalue weighted by Gasteiger charge is 2.54. The summed E-state index contributed by atoms with van der Waals surface area (Å²) in [5.74, 6) is 0.460. The first-order chi connectivity index (χ1) is 14.2. The monoisotopic (exact) mass is 458 g/mol. The summed E-state index contributed by atoms with van der Waals surface area (Å²) in [6.45, 7) is 3.46. The molecule has 1 spiro atoms. The van der Waals surface area contributed by atoms with Crippen LogP contribution in [0.4, 0.5) is 0 Å². The molecule has 1 aromatic heterocycles. The third-order valence-corrected chi connectivity index (χ3v) is 9.45. The Balaban J connectivity index is 1.17. The van der Waals surface area contributed by atoms with Gasteiger partial charge in [0.1, 0.15) is 7.14 Å². The molecule has 1 amide bonds. The Hall–Kier alpha value is -1.68. The van der Waals surface area contributed by atoms with Crippen molar-refractivity contribution in [2.24, 2.45) is 5.41 Å². The number of hydrogen-bond donors (Lipinski definition) is 1. The second-order valence-corrected chi connectivity index (χ2v) is 14.0. The number of aromatic nitrogens is 1. The van der Waals surface area contributed by atoms with E-state index in [0.29, 0.717) is 16.9 Å². The number of carbonyl (C=O) groups excluding carboxylic acids is 1. The summed E-state index contributed by atoms with van der Waals surface area (Å²) < 4.78 is 13.5. The van der Waals surface area contributed by atoms with E-state index in [1.54, 1.807) is 36.8 Å². The van der Waals surface area contributed by atoms with Crippen molar-refractivity contribution in [3.8, 4) is 0 Å². The fourth-order valence-electron chi connectivity index (χ4n) is 4.93. The molecule has 156 valence electrons. The van der Waals surface area contributed by atoms with E-state index in [0.717, 1.165) is 41.5 Å². The van der Waals surface area contributed by atoms with Gasteiger partial charge in [-0.05, 0) is 74.8 Å². The average molecular weight is 459 g/mol. The van der Waals surface area contributed by atoms with Gasteiger partial charge in [-0.2, -0.15) is 0 Å². The molecule has 2 saturated carbocycles. The van der Waals surface area contributed by atoms with Crippen molar-refractivity contribution in [3.05, 3.63) is 58.1 Å². The predicted octanol–water partition coefficient (Wildman–Crippen LogP) is 5.65. The lowest BCUT2D eigenvalue weighted by molar-refractivity contribution is -0.0187. The van der Waals surface area contributed by atoms with Crippen LogP contribution in [0, 0.1) is 5.41 Å².